The standard InChI is InChI=1S/C24H32N4O2/c1-18(27-12-6-9-19-10-13-26-14-11-19)21-15-22(23(29)25-2)24(30)28(17-21)16-20-7-4-3-5-8-20/h3-5,7-8,15,17,19,26-27H,1,6,9-14,16H2,2H3,(H,25,29). The first-order valence-electron chi connectivity index (χ1n) is 10.7. The van der Waals surface area contributed by atoms with Gasteiger partial charge in [0.1, 0.15) is 5.56 Å². The molecular weight excluding hydrogens is 376 g/mol. The molecule has 1 saturated heterocycles. The van der Waals surface area contributed by atoms with Crippen LogP contribution in [0.1, 0.15) is 47.2 Å². The average molecular weight is 409 g/mol. The predicted octanol–water partition coefficient (Wildman–Crippen LogP) is 2.60. The van der Waals surface area contributed by atoms with Crippen molar-refractivity contribution in [1.29, 1.82) is 0 Å². The number of benzene rings is 1. The summed E-state index contributed by atoms with van der Waals surface area (Å²) in [5.41, 5.74) is 2.31. The van der Waals surface area contributed by atoms with Crippen LogP contribution >= 0.6 is 0 Å². The summed E-state index contributed by atoms with van der Waals surface area (Å²) >= 11 is 0. The Balaban J connectivity index is 1.70. The summed E-state index contributed by atoms with van der Waals surface area (Å²) in [6.07, 6.45) is 6.57. The molecule has 6 heteroatoms. The molecule has 6 nitrogen and oxygen atoms in total. The molecule has 0 unspecified atom stereocenters. The number of nitrogens with zero attached hydrogens (tertiary/aromatic N) is 1. The number of piperidine rings is 1. The Hall–Kier alpha value is -2.86. The van der Waals surface area contributed by atoms with Crippen LogP contribution in [-0.2, 0) is 6.54 Å². The molecule has 1 aliphatic heterocycles. The van der Waals surface area contributed by atoms with Crippen LogP contribution in [0.3, 0.4) is 0 Å². The van der Waals surface area contributed by atoms with Crippen LogP contribution in [0.25, 0.3) is 5.70 Å². The minimum Gasteiger partial charge on any atom is -0.385 e. The molecule has 1 aliphatic rings. The highest BCUT2D eigenvalue weighted by Gasteiger charge is 2.15. The van der Waals surface area contributed by atoms with E-state index in [4.69, 9.17) is 0 Å². The molecule has 2 heterocycles. The molecule has 0 spiro atoms. The molecule has 1 fully saturated rings. The van der Waals surface area contributed by atoms with Crippen LogP contribution < -0.4 is 21.5 Å². The van der Waals surface area contributed by atoms with Gasteiger partial charge < -0.3 is 20.5 Å². The zero-order valence-electron chi connectivity index (χ0n) is 17.7. The summed E-state index contributed by atoms with van der Waals surface area (Å²) in [6, 6.07) is 11.4. The Morgan fingerprint density at radius 3 is 2.67 bits per heavy atom. The summed E-state index contributed by atoms with van der Waals surface area (Å²) in [6.45, 7) is 7.62. The van der Waals surface area contributed by atoms with Gasteiger partial charge in [0, 0.05) is 31.0 Å². The maximum absolute atomic E-state index is 12.8. The molecule has 160 valence electrons. The van der Waals surface area contributed by atoms with Crippen LogP contribution in [0.15, 0.2) is 54.0 Å². The molecule has 3 N–H and O–H groups in total. The first kappa shape index (κ1) is 21.8. The summed E-state index contributed by atoms with van der Waals surface area (Å²) < 4.78 is 1.58. The first-order valence-corrected chi connectivity index (χ1v) is 10.7. The van der Waals surface area contributed by atoms with Crippen molar-refractivity contribution in [2.24, 2.45) is 5.92 Å². The van der Waals surface area contributed by atoms with Crippen LogP contribution in [0.4, 0.5) is 0 Å². The minimum absolute atomic E-state index is 0.128. The number of aromatic nitrogens is 1. The van der Waals surface area contributed by atoms with Gasteiger partial charge in [-0.15, -0.1) is 0 Å². The van der Waals surface area contributed by atoms with Crippen molar-refractivity contribution in [1.82, 2.24) is 20.5 Å². The number of pyridine rings is 1. The van der Waals surface area contributed by atoms with E-state index >= 15 is 0 Å². The van der Waals surface area contributed by atoms with E-state index in [2.05, 4.69) is 22.5 Å². The van der Waals surface area contributed by atoms with Crippen molar-refractivity contribution >= 4 is 11.6 Å². The van der Waals surface area contributed by atoms with E-state index in [9.17, 15) is 9.59 Å². The summed E-state index contributed by atoms with van der Waals surface area (Å²) in [4.78, 5) is 25.1. The normalized spacial score (nSPS) is 14.3. The maximum Gasteiger partial charge on any atom is 0.263 e. The number of rotatable bonds is 9. The predicted molar refractivity (Wildman–Crippen MR) is 122 cm³/mol. The molecule has 2 aromatic rings. The quantitative estimate of drug-likeness (QED) is 0.558. The SMILES string of the molecule is C=C(NCCCC1CCNCC1)c1cc(C(=O)NC)c(=O)n(Cc2ccccc2)c1. The topological polar surface area (TPSA) is 75.2 Å². The smallest absolute Gasteiger partial charge is 0.263 e. The van der Waals surface area contributed by atoms with Crippen molar-refractivity contribution in [2.45, 2.75) is 32.2 Å². The molecule has 1 aromatic carbocycles. The largest absolute Gasteiger partial charge is 0.385 e. The molecular formula is C24H32N4O2. The molecule has 0 atom stereocenters. The van der Waals surface area contributed by atoms with Gasteiger partial charge in [0.05, 0.1) is 6.54 Å². The highest BCUT2D eigenvalue weighted by molar-refractivity contribution is 5.94. The lowest BCUT2D eigenvalue weighted by Crippen LogP contribution is -2.32. The van der Waals surface area contributed by atoms with Gasteiger partial charge in [-0.05, 0) is 56.3 Å². The first-order chi connectivity index (χ1) is 14.6. The molecule has 30 heavy (non-hydrogen) atoms. The molecule has 3 rings (SSSR count). The number of nitrogens with one attached hydrogen (secondary N) is 3. The second kappa shape index (κ2) is 10.8. The molecule has 0 aliphatic carbocycles. The third-order valence-electron chi connectivity index (χ3n) is 5.69. The molecule has 0 radical (unpaired) electrons. The zero-order valence-corrected chi connectivity index (χ0v) is 17.7. The lowest BCUT2D eigenvalue weighted by Gasteiger charge is -2.22. The van der Waals surface area contributed by atoms with Crippen LogP contribution in [0.2, 0.25) is 0 Å². The van der Waals surface area contributed by atoms with Crippen LogP contribution in [-0.4, -0.2) is 37.2 Å². The monoisotopic (exact) mass is 408 g/mol. The number of carbonyl (C=O) groups is 1. The van der Waals surface area contributed by atoms with E-state index in [1.54, 1.807) is 16.8 Å². The van der Waals surface area contributed by atoms with E-state index in [0.29, 0.717) is 6.54 Å². The van der Waals surface area contributed by atoms with Crippen LogP contribution in [0, 0.1) is 5.92 Å². The Morgan fingerprint density at radius 1 is 1.23 bits per heavy atom. The Bertz CT molecular complexity index is 915. The van der Waals surface area contributed by atoms with E-state index in [0.717, 1.165) is 48.8 Å². The lowest BCUT2D eigenvalue weighted by atomic mass is 9.93. The van der Waals surface area contributed by atoms with Gasteiger partial charge in [0.25, 0.3) is 11.5 Å². The average Bonchev–Trinajstić information content (AvgIpc) is 2.78. The van der Waals surface area contributed by atoms with Gasteiger partial charge in [-0.2, -0.15) is 0 Å². The third kappa shape index (κ3) is 5.83. The van der Waals surface area contributed by atoms with Crippen molar-refractivity contribution < 1.29 is 4.79 Å². The van der Waals surface area contributed by atoms with Gasteiger partial charge in [-0.3, -0.25) is 9.59 Å². The van der Waals surface area contributed by atoms with Crippen molar-refractivity contribution in [3.05, 3.63) is 76.2 Å². The van der Waals surface area contributed by atoms with Crippen molar-refractivity contribution in [2.75, 3.05) is 26.7 Å². The van der Waals surface area contributed by atoms with E-state index in [1.165, 1.54) is 26.3 Å². The Kier molecular flexibility index (Phi) is 7.85. The second-order valence-corrected chi connectivity index (χ2v) is 7.88. The highest BCUT2D eigenvalue weighted by atomic mass is 16.2. The fraction of sp³-hybridized carbons (Fsp3) is 0.417. The van der Waals surface area contributed by atoms with Gasteiger partial charge >= 0.3 is 0 Å². The summed E-state index contributed by atoms with van der Waals surface area (Å²) in [7, 11) is 1.53. The van der Waals surface area contributed by atoms with Crippen molar-refractivity contribution in [3.8, 4) is 0 Å². The number of hydrogen-bond donors (Lipinski definition) is 3. The number of amides is 1. The van der Waals surface area contributed by atoms with Gasteiger partial charge in [0.15, 0.2) is 0 Å². The fourth-order valence-corrected chi connectivity index (χ4v) is 3.90. The highest BCUT2D eigenvalue weighted by Crippen LogP contribution is 2.18. The number of hydrogen-bond acceptors (Lipinski definition) is 4. The molecule has 1 amide bonds. The van der Waals surface area contributed by atoms with Gasteiger partial charge in [0.2, 0.25) is 0 Å². The van der Waals surface area contributed by atoms with Gasteiger partial charge in [-0.1, -0.05) is 36.9 Å². The van der Waals surface area contributed by atoms with E-state index in [-0.39, 0.29) is 17.0 Å². The summed E-state index contributed by atoms with van der Waals surface area (Å²) in [5.74, 6) is 0.413. The lowest BCUT2D eigenvalue weighted by molar-refractivity contribution is 0.0961. The Morgan fingerprint density at radius 2 is 1.97 bits per heavy atom. The minimum atomic E-state index is -0.387. The van der Waals surface area contributed by atoms with E-state index in [1.807, 2.05) is 30.3 Å². The van der Waals surface area contributed by atoms with E-state index < -0.39 is 0 Å². The Labute approximate surface area is 178 Å². The third-order valence-corrected chi connectivity index (χ3v) is 5.69. The maximum atomic E-state index is 12.8. The zero-order chi connectivity index (χ0) is 21.3. The number of carbonyl (C=O) groups excluding carboxylic acids is 1. The molecule has 0 bridgehead atoms. The molecule has 0 saturated carbocycles. The second-order valence-electron chi connectivity index (χ2n) is 7.88. The molecule has 1 aromatic heterocycles. The fourth-order valence-electron chi connectivity index (χ4n) is 3.90. The van der Waals surface area contributed by atoms with Gasteiger partial charge in [-0.25, -0.2) is 0 Å². The van der Waals surface area contributed by atoms with Crippen molar-refractivity contribution in [3.63, 3.8) is 0 Å². The summed E-state index contributed by atoms with van der Waals surface area (Å²) in [5, 5.41) is 9.34. The van der Waals surface area contributed by atoms with Crippen LogP contribution in [0.5, 0.6) is 0 Å².